The van der Waals surface area contributed by atoms with Gasteiger partial charge in [-0.2, -0.15) is 0 Å². The van der Waals surface area contributed by atoms with Crippen LogP contribution in [0, 0.1) is 0 Å². The minimum absolute atomic E-state index is 0.0511. The van der Waals surface area contributed by atoms with E-state index in [0.717, 1.165) is 17.5 Å². The van der Waals surface area contributed by atoms with Gasteiger partial charge in [-0.25, -0.2) is 4.79 Å². The van der Waals surface area contributed by atoms with Gasteiger partial charge in [-0.05, 0) is 24.1 Å². The van der Waals surface area contributed by atoms with Crippen LogP contribution in [0.15, 0.2) is 24.3 Å². The van der Waals surface area contributed by atoms with Gasteiger partial charge in [0, 0.05) is 0 Å². The Morgan fingerprint density at radius 1 is 1.38 bits per heavy atom. The lowest BCUT2D eigenvalue weighted by atomic mass is 10.00. The highest BCUT2D eigenvalue weighted by Gasteiger charge is 2.24. The highest BCUT2D eigenvalue weighted by Crippen LogP contribution is 2.24. The lowest BCUT2D eigenvalue weighted by Gasteiger charge is -2.24. The van der Waals surface area contributed by atoms with Crippen LogP contribution in [0.4, 0.5) is 0 Å². The fraction of sp³-hybridized carbons (Fsp3) is 0.417. The first-order chi connectivity index (χ1) is 7.81. The largest absolute Gasteiger partial charge is 0.453 e. The van der Waals surface area contributed by atoms with Crippen molar-refractivity contribution in [1.29, 1.82) is 0 Å². The molecule has 0 amide bonds. The average Bonchev–Trinajstić information content (AvgIpc) is 2.30. The summed E-state index contributed by atoms with van der Waals surface area (Å²) in [7, 11) is 0. The van der Waals surface area contributed by atoms with Gasteiger partial charge in [-0.3, -0.25) is 0 Å². The lowest BCUT2D eigenvalue weighted by molar-refractivity contribution is -0.170. The Morgan fingerprint density at radius 2 is 2.19 bits per heavy atom. The van der Waals surface area contributed by atoms with Crippen molar-refractivity contribution in [3.8, 4) is 0 Å². The minimum atomic E-state index is -0.307. The molecule has 0 aromatic heterocycles. The number of hydrogen-bond acceptors (Lipinski definition) is 4. The van der Waals surface area contributed by atoms with E-state index < -0.39 is 0 Å². The third-order valence-electron chi connectivity index (χ3n) is 2.58. The third-order valence-corrected chi connectivity index (χ3v) is 2.58. The van der Waals surface area contributed by atoms with E-state index >= 15 is 0 Å². The van der Waals surface area contributed by atoms with Gasteiger partial charge in [0.25, 0.3) is 0 Å². The van der Waals surface area contributed by atoms with E-state index in [-0.39, 0.29) is 18.7 Å². The first-order valence-electron chi connectivity index (χ1n) is 5.36. The number of ether oxygens (including phenoxy) is 2. The van der Waals surface area contributed by atoms with Crippen molar-refractivity contribution in [2.24, 2.45) is 5.73 Å². The van der Waals surface area contributed by atoms with Gasteiger partial charge in [-0.1, -0.05) is 24.3 Å². The van der Waals surface area contributed by atoms with E-state index in [9.17, 15) is 4.79 Å². The molecule has 16 heavy (non-hydrogen) atoms. The maximum atomic E-state index is 11.1. The predicted octanol–water partition coefficient (Wildman–Crippen LogP) is 0.802. The number of rotatable bonds is 3. The Bertz CT molecular complexity index is 378. The van der Waals surface area contributed by atoms with Crippen LogP contribution >= 0.6 is 0 Å². The minimum Gasteiger partial charge on any atom is -0.453 e. The number of nitrogens with two attached hydrogens (primary N) is 1. The molecule has 1 fully saturated rings. The summed E-state index contributed by atoms with van der Waals surface area (Å²) in [5.74, 6) is -0.307. The summed E-state index contributed by atoms with van der Waals surface area (Å²) in [5, 5.41) is 0. The van der Waals surface area contributed by atoms with Gasteiger partial charge < -0.3 is 15.2 Å². The van der Waals surface area contributed by atoms with Crippen LogP contribution in [0.1, 0.15) is 17.2 Å². The van der Waals surface area contributed by atoms with Crippen molar-refractivity contribution in [2.75, 3.05) is 19.8 Å². The van der Waals surface area contributed by atoms with Gasteiger partial charge in [0.15, 0.2) is 6.10 Å². The molecule has 1 aliphatic rings. The summed E-state index contributed by atoms with van der Waals surface area (Å²) in [6, 6.07) is 7.85. The number of hydrogen-bond donors (Lipinski definition) is 1. The second-order valence-corrected chi connectivity index (χ2v) is 3.73. The Kier molecular flexibility index (Phi) is 3.54. The Morgan fingerprint density at radius 3 is 2.94 bits per heavy atom. The van der Waals surface area contributed by atoms with Crippen LogP contribution in [0.2, 0.25) is 0 Å². The monoisotopic (exact) mass is 221 g/mol. The molecule has 1 aliphatic heterocycles. The Balaban J connectivity index is 2.21. The highest BCUT2D eigenvalue weighted by atomic mass is 16.6. The second kappa shape index (κ2) is 5.09. The van der Waals surface area contributed by atoms with Crippen molar-refractivity contribution in [3.05, 3.63) is 35.4 Å². The lowest BCUT2D eigenvalue weighted by Crippen LogP contribution is -2.27. The van der Waals surface area contributed by atoms with Crippen LogP contribution in [0.25, 0.3) is 0 Å². The number of cyclic esters (lactones) is 1. The number of carbonyl (C=O) groups is 1. The van der Waals surface area contributed by atoms with Crippen LogP contribution in [0.3, 0.4) is 0 Å². The van der Waals surface area contributed by atoms with Gasteiger partial charge >= 0.3 is 5.97 Å². The zero-order chi connectivity index (χ0) is 11.4. The number of benzene rings is 1. The zero-order valence-corrected chi connectivity index (χ0v) is 9.02. The summed E-state index contributed by atoms with van der Waals surface area (Å²) in [4.78, 5) is 11.1. The molecule has 0 spiro atoms. The van der Waals surface area contributed by atoms with E-state index in [1.165, 1.54) is 0 Å². The third kappa shape index (κ3) is 2.40. The van der Waals surface area contributed by atoms with Crippen LogP contribution in [0.5, 0.6) is 0 Å². The maximum absolute atomic E-state index is 11.1. The number of esters is 1. The van der Waals surface area contributed by atoms with Crippen LogP contribution in [-0.2, 0) is 20.7 Å². The fourth-order valence-corrected chi connectivity index (χ4v) is 1.86. The summed E-state index contributed by atoms with van der Waals surface area (Å²) in [5.41, 5.74) is 7.67. The molecule has 0 aliphatic carbocycles. The molecule has 2 rings (SSSR count). The normalized spacial score (nSPS) is 20.6. The van der Waals surface area contributed by atoms with Crippen LogP contribution < -0.4 is 5.73 Å². The Labute approximate surface area is 94.3 Å². The summed E-state index contributed by atoms with van der Waals surface area (Å²) in [6.07, 6.45) is 0.494. The molecule has 1 atom stereocenters. The molecule has 1 heterocycles. The molecule has 1 saturated heterocycles. The first kappa shape index (κ1) is 11.1. The smallest absolute Gasteiger partial charge is 0.332 e. The predicted molar refractivity (Wildman–Crippen MR) is 58.9 cm³/mol. The van der Waals surface area contributed by atoms with Crippen molar-refractivity contribution in [3.63, 3.8) is 0 Å². The van der Waals surface area contributed by atoms with Gasteiger partial charge in [0.1, 0.15) is 6.61 Å². The van der Waals surface area contributed by atoms with E-state index in [0.29, 0.717) is 13.2 Å². The molecule has 0 bridgehead atoms. The van der Waals surface area contributed by atoms with Gasteiger partial charge in [-0.15, -0.1) is 0 Å². The molecule has 1 aromatic carbocycles. The fourth-order valence-electron chi connectivity index (χ4n) is 1.86. The average molecular weight is 221 g/mol. The molecule has 4 heteroatoms. The van der Waals surface area contributed by atoms with E-state index in [1.54, 1.807) is 0 Å². The topological polar surface area (TPSA) is 61.5 Å². The molecule has 4 nitrogen and oxygen atoms in total. The molecule has 1 unspecified atom stereocenters. The maximum Gasteiger partial charge on any atom is 0.332 e. The molecule has 1 aromatic rings. The quantitative estimate of drug-likeness (QED) is 0.767. The van der Waals surface area contributed by atoms with Gasteiger partial charge in [0.2, 0.25) is 0 Å². The Hall–Kier alpha value is -1.39. The van der Waals surface area contributed by atoms with Crippen molar-refractivity contribution in [2.45, 2.75) is 12.5 Å². The van der Waals surface area contributed by atoms with Gasteiger partial charge in [0.05, 0.1) is 6.61 Å². The molecule has 0 radical (unpaired) electrons. The summed E-state index contributed by atoms with van der Waals surface area (Å²) < 4.78 is 10.4. The summed E-state index contributed by atoms with van der Waals surface area (Å²) in [6.45, 7) is 1.06. The molecule has 2 N–H and O–H groups in total. The van der Waals surface area contributed by atoms with E-state index in [2.05, 4.69) is 0 Å². The van der Waals surface area contributed by atoms with E-state index in [1.807, 2.05) is 24.3 Å². The van der Waals surface area contributed by atoms with Crippen molar-refractivity contribution >= 4 is 5.97 Å². The molecule has 86 valence electrons. The molecular weight excluding hydrogens is 206 g/mol. The second-order valence-electron chi connectivity index (χ2n) is 3.73. The summed E-state index contributed by atoms with van der Waals surface area (Å²) >= 11 is 0. The molecule has 0 saturated carbocycles. The van der Waals surface area contributed by atoms with Crippen LogP contribution in [-0.4, -0.2) is 25.7 Å². The first-order valence-corrected chi connectivity index (χ1v) is 5.36. The highest BCUT2D eigenvalue weighted by molar-refractivity contribution is 5.71. The van der Waals surface area contributed by atoms with Crippen molar-refractivity contribution in [1.82, 2.24) is 0 Å². The van der Waals surface area contributed by atoms with Crippen molar-refractivity contribution < 1.29 is 14.3 Å². The SMILES string of the molecule is NCCc1ccccc1C1COCC(=O)O1. The zero-order valence-electron chi connectivity index (χ0n) is 9.02. The number of carbonyl (C=O) groups excluding carboxylic acids is 1. The van der Waals surface area contributed by atoms with E-state index in [4.69, 9.17) is 15.2 Å². The molecular formula is C12H15NO3. The standard InChI is InChI=1S/C12H15NO3/c13-6-5-9-3-1-2-4-10(9)11-7-15-8-12(14)16-11/h1-4,11H,5-8,13H2.